The van der Waals surface area contributed by atoms with Crippen LogP contribution in [0.25, 0.3) is 32.0 Å². The van der Waals surface area contributed by atoms with Crippen LogP contribution in [-0.2, 0) is 6.54 Å². The minimum atomic E-state index is -0.276. The number of fused-ring (bicyclic) bond motifs is 2. The molecule has 0 unspecified atom stereocenters. The number of thiazole rings is 1. The van der Waals surface area contributed by atoms with Crippen LogP contribution >= 0.6 is 11.3 Å². The third kappa shape index (κ3) is 2.50. The Kier molecular flexibility index (Phi) is 3.51. The minimum absolute atomic E-state index is 0.276. The molecule has 5 heterocycles. The SMILES string of the molecule is Cc1cnc2c(N)c(-c3ncc(-c4cnn5c4OCCC5)s3)c(=O)[nH]c2c1. The van der Waals surface area contributed by atoms with Gasteiger partial charge in [0.15, 0.2) is 0 Å². The molecule has 0 saturated heterocycles. The number of ether oxygens (including phenoxy) is 1. The van der Waals surface area contributed by atoms with E-state index < -0.39 is 0 Å². The Balaban J connectivity index is 1.64. The van der Waals surface area contributed by atoms with Crippen LogP contribution in [-0.4, -0.2) is 31.3 Å². The normalized spacial score (nSPS) is 13.5. The van der Waals surface area contributed by atoms with Gasteiger partial charge in [0.2, 0.25) is 5.88 Å². The van der Waals surface area contributed by atoms with Crippen LogP contribution < -0.4 is 16.0 Å². The molecule has 0 aromatic carbocycles. The van der Waals surface area contributed by atoms with Crippen molar-refractivity contribution >= 4 is 28.1 Å². The zero-order valence-electron chi connectivity index (χ0n) is 14.5. The number of nitrogens with two attached hydrogens (primary N) is 1. The van der Waals surface area contributed by atoms with Crippen LogP contribution in [0.4, 0.5) is 5.69 Å². The Morgan fingerprint density at radius 3 is 3.07 bits per heavy atom. The zero-order valence-corrected chi connectivity index (χ0v) is 15.3. The maximum Gasteiger partial charge on any atom is 0.260 e. The van der Waals surface area contributed by atoms with E-state index in [0.717, 1.165) is 34.8 Å². The molecule has 0 fully saturated rings. The van der Waals surface area contributed by atoms with Gasteiger partial charge in [0.05, 0.1) is 34.4 Å². The van der Waals surface area contributed by atoms with Gasteiger partial charge in [0, 0.05) is 25.4 Å². The molecule has 4 aromatic heterocycles. The maximum atomic E-state index is 12.7. The van der Waals surface area contributed by atoms with Crippen molar-refractivity contribution in [2.45, 2.75) is 19.9 Å². The molecule has 0 atom stereocenters. The van der Waals surface area contributed by atoms with Crippen molar-refractivity contribution in [1.82, 2.24) is 24.7 Å². The van der Waals surface area contributed by atoms with E-state index in [2.05, 4.69) is 20.1 Å². The lowest BCUT2D eigenvalue weighted by Gasteiger charge is -2.15. The number of hydrogen-bond acceptors (Lipinski definition) is 7. The highest BCUT2D eigenvalue weighted by Crippen LogP contribution is 2.39. The molecule has 3 N–H and O–H groups in total. The van der Waals surface area contributed by atoms with Gasteiger partial charge in [-0.15, -0.1) is 11.3 Å². The van der Waals surface area contributed by atoms with Crippen LogP contribution in [0.2, 0.25) is 0 Å². The molecule has 0 radical (unpaired) electrons. The van der Waals surface area contributed by atoms with Crippen molar-refractivity contribution in [2.75, 3.05) is 12.3 Å². The molecule has 1 aliphatic rings. The fourth-order valence-corrected chi connectivity index (χ4v) is 4.24. The van der Waals surface area contributed by atoms with E-state index >= 15 is 0 Å². The van der Waals surface area contributed by atoms with Crippen LogP contribution in [0.3, 0.4) is 0 Å². The topological polar surface area (TPSA) is 112 Å². The van der Waals surface area contributed by atoms with Crippen LogP contribution in [0.15, 0.2) is 29.5 Å². The zero-order chi connectivity index (χ0) is 18.5. The first-order valence-corrected chi connectivity index (χ1v) is 9.37. The molecule has 0 saturated carbocycles. The number of pyridine rings is 2. The molecular weight excluding hydrogens is 364 g/mol. The van der Waals surface area contributed by atoms with Gasteiger partial charge in [0.25, 0.3) is 5.56 Å². The summed E-state index contributed by atoms with van der Waals surface area (Å²) in [6.07, 6.45) is 6.17. The molecule has 4 aromatic rings. The summed E-state index contributed by atoms with van der Waals surface area (Å²) in [5, 5.41) is 4.91. The highest BCUT2D eigenvalue weighted by molar-refractivity contribution is 7.18. The quantitative estimate of drug-likeness (QED) is 0.553. The number of hydrogen-bond donors (Lipinski definition) is 2. The van der Waals surface area contributed by atoms with Crippen LogP contribution in [0, 0.1) is 6.92 Å². The average molecular weight is 380 g/mol. The lowest BCUT2D eigenvalue weighted by molar-refractivity contribution is 0.231. The Labute approximate surface area is 157 Å². The minimum Gasteiger partial charge on any atom is -0.477 e. The molecule has 5 rings (SSSR count). The summed E-state index contributed by atoms with van der Waals surface area (Å²) in [5.41, 5.74) is 9.71. The van der Waals surface area contributed by atoms with Crippen LogP contribution in [0.5, 0.6) is 5.88 Å². The predicted molar refractivity (Wildman–Crippen MR) is 104 cm³/mol. The van der Waals surface area contributed by atoms with Crippen molar-refractivity contribution < 1.29 is 4.74 Å². The number of anilines is 1. The first kappa shape index (κ1) is 16.0. The number of rotatable bonds is 2. The van der Waals surface area contributed by atoms with Gasteiger partial charge in [0.1, 0.15) is 16.1 Å². The Morgan fingerprint density at radius 1 is 1.30 bits per heavy atom. The van der Waals surface area contributed by atoms with Crippen molar-refractivity contribution in [3.05, 3.63) is 40.6 Å². The average Bonchev–Trinajstić information content (AvgIpc) is 3.28. The third-order valence-electron chi connectivity index (χ3n) is 4.55. The highest BCUT2D eigenvalue weighted by atomic mass is 32.1. The van der Waals surface area contributed by atoms with Gasteiger partial charge in [-0.2, -0.15) is 5.10 Å². The summed E-state index contributed by atoms with van der Waals surface area (Å²) < 4.78 is 7.61. The maximum absolute atomic E-state index is 12.7. The molecular formula is C18H16N6O2S. The second-order valence-electron chi connectivity index (χ2n) is 6.47. The van der Waals surface area contributed by atoms with E-state index in [1.165, 1.54) is 11.3 Å². The largest absolute Gasteiger partial charge is 0.477 e. The van der Waals surface area contributed by atoms with E-state index in [-0.39, 0.29) is 5.56 Å². The fourth-order valence-electron chi connectivity index (χ4n) is 3.27. The van der Waals surface area contributed by atoms with Gasteiger partial charge in [-0.25, -0.2) is 9.67 Å². The van der Waals surface area contributed by atoms with Crippen molar-refractivity contribution in [1.29, 1.82) is 0 Å². The standard InChI is InChI=1S/C18H16N6O2S/c1-9-5-11-15(20-6-9)14(19)13(16(25)23-11)17-21-8-12(27-17)10-7-22-24-3-2-4-26-18(10)24/h5-8H,2-4H2,1H3,(H3,19,23,25). The Morgan fingerprint density at radius 2 is 2.19 bits per heavy atom. The lowest BCUT2D eigenvalue weighted by Crippen LogP contribution is -2.14. The number of nitrogens with one attached hydrogen (secondary N) is 1. The number of aryl methyl sites for hydroxylation is 2. The fraction of sp³-hybridized carbons (Fsp3) is 0.222. The summed E-state index contributed by atoms with van der Waals surface area (Å²) in [6, 6.07) is 1.85. The van der Waals surface area contributed by atoms with Crippen LogP contribution in [0.1, 0.15) is 12.0 Å². The summed E-state index contributed by atoms with van der Waals surface area (Å²) in [5.74, 6) is 0.744. The van der Waals surface area contributed by atoms with Gasteiger partial charge < -0.3 is 15.5 Å². The molecule has 136 valence electrons. The first-order chi connectivity index (χ1) is 13.1. The number of nitrogen functional groups attached to an aromatic ring is 1. The second-order valence-corrected chi connectivity index (χ2v) is 7.50. The third-order valence-corrected chi connectivity index (χ3v) is 5.60. The predicted octanol–water partition coefficient (Wildman–Crippen LogP) is 2.58. The van der Waals surface area contributed by atoms with E-state index in [0.29, 0.717) is 33.9 Å². The lowest BCUT2D eigenvalue weighted by atomic mass is 10.1. The highest BCUT2D eigenvalue weighted by Gasteiger charge is 2.22. The van der Waals surface area contributed by atoms with E-state index in [1.807, 2.05) is 17.7 Å². The molecule has 0 amide bonds. The van der Waals surface area contributed by atoms with E-state index in [4.69, 9.17) is 10.5 Å². The summed E-state index contributed by atoms with van der Waals surface area (Å²) in [4.78, 5) is 25.2. The number of nitrogens with zero attached hydrogens (tertiary/aromatic N) is 4. The summed E-state index contributed by atoms with van der Waals surface area (Å²) >= 11 is 1.38. The van der Waals surface area contributed by atoms with Crippen molar-refractivity contribution in [2.24, 2.45) is 0 Å². The molecule has 9 heteroatoms. The molecule has 0 spiro atoms. The van der Waals surface area contributed by atoms with E-state index in [9.17, 15) is 4.79 Å². The monoisotopic (exact) mass is 380 g/mol. The molecule has 0 bridgehead atoms. The van der Waals surface area contributed by atoms with E-state index in [1.54, 1.807) is 18.6 Å². The van der Waals surface area contributed by atoms with Gasteiger partial charge in [-0.05, 0) is 18.6 Å². The van der Waals surface area contributed by atoms with Crippen molar-refractivity contribution in [3.63, 3.8) is 0 Å². The van der Waals surface area contributed by atoms with Crippen molar-refractivity contribution in [3.8, 4) is 26.9 Å². The summed E-state index contributed by atoms with van der Waals surface area (Å²) in [6.45, 7) is 3.42. The Hall–Kier alpha value is -3.20. The smallest absolute Gasteiger partial charge is 0.260 e. The second kappa shape index (κ2) is 5.92. The van der Waals surface area contributed by atoms with Gasteiger partial charge >= 0.3 is 0 Å². The molecule has 0 aliphatic carbocycles. The number of H-pyrrole nitrogens is 1. The van der Waals surface area contributed by atoms with Gasteiger partial charge in [-0.1, -0.05) is 0 Å². The van der Waals surface area contributed by atoms with Gasteiger partial charge in [-0.3, -0.25) is 9.78 Å². The summed E-state index contributed by atoms with van der Waals surface area (Å²) in [7, 11) is 0. The first-order valence-electron chi connectivity index (χ1n) is 8.55. The molecule has 8 nitrogen and oxygen atoms in total. The molecule has 27 heavy (non-hydrogen) atoms. The molecule has 1 aliphatic heterocycles. The number of aromatic amines is 1. The Bertz CT molecular complexity index is 1240. The number of aromatic nitrogens is 5.